The van der Waals surface area contributed by atoms with Crippen molar-refractivity contribution in [3.05, 3.63) is 55.0 Å². The highest BCUT2D eigenvalue weighted by atomic mass is 16.5. The molecule has 0 saturated carbocycles. The third kappa shape index (κ3) is 3.00. The number of fused-ring (bicyclic) bond motifs is 1. The molecule has 5 heteroatoms. The predicted molar refractivity (Wildman–Crippen MR) is 74.8 cm³/mol. The molecule has 1 aromatic carbocycles. The van der Waals surface area contributed by atoms with Gasteiger partial charge >= 0.3 is 6.01 Å². The van der Waals surface area contributed by atoms with Crippen molar-refractivity contribution in [2.24, 2.45) is 0 Å². The molecule has 0 aliphatic heterocycles. The van der Waals surface area contributed by atoms with Crippen LogP contribution in [-0.2, 0) is 0 Å². The summed E-state index contributed by atoms with van der Waals surface area (Å²) in [6.07, 6.45) is 5.11. The number of rotatable bonds is 5. The lowest BCUT2D eigenvalue weighted by Crippen LogP contribution is -2.10. The van der Waals surface area contributed by atoms with Gasteiger partial charge in [-0.1, -0.05) is 18.2 Å². The van der Waals surface area contributed by atoms with Crippen LogP contribution < -0.4 is 9.47 Å². The van der Waals surface area contributed by atoms with Gasteiger partial charge < -0.3 is 9.47 Å². The van der Waals surface area contributed by atoms with Gasteiger partial charge in [-0.15, -0.1) is 0 Å². The fraction of sp³-hybridized carbons (Fsp3) is 0.133. The van der Waals surface area contributed by atoms with Crippen molar-refractivity contribution in [2.75, 3.05) is 13.2 Å². The van der Waals surface area contributed by atoms with Crippen molar-refractivity contribution in [1.82, 2.24) is 15.0 Å². The Balaban J connectivity index is 1.55. The van der Waals surface area contributed by atoms with Crippen LogP contribution in [0, 0.1) is 0 Å². The van der Waals surface area contributed by atoms with Crippen LogP contribution in [0.1, 0.15) is 0 Å². The van der Waals surface area contributed by atoms with Crippen molar-refractivity contribution < 1.29 is 9.47 Å². The first-order valence-corrected chi connectivity index (χ1v) is 6.29. The highest BCUT2D eigenvalue weighted by Crippen LogP contribution is 2.13. The minimum Gasteiger partial charge on any atom is -0.488 e. The molecule has 0 unspecified atom stereocenters. The standard InChI is InChI=1S/C15H13N3O2/c1-2-6-14-12(4-1)10-17-15(18-14)20-9-8-19-13-5-3-7-16-11-13/h1-7,10-11H,8-9H2. The van der Waals surface area contributed by atoms with Crippen LogP contribution in [0.25, 0.3) is 10.9 Å². The van der Waals surface area contributed by atoms with E-state index in [1.807, 2.05) is 36.4 Å². The number of hydrogen-bond donors (Lipinski definition) is 0. The number of pyridine rings is 1. The second-order valence-electron chi connectivity index (χ2n) is 4.10. The van der Waals surface area contributed by atoms with Gasteiger partial charge in [0.15, 0.2) is 0 Å². The number of benzene rings is 1. The number of aromatic nitrogens is 3. The lowest BCUT2D eigenvalue weighted by atomic mass is 10.2. The van der Waals surface area contributed by atoms with E-state index in [4.69, 9.17) is 9.47 Å². The number of nitrogens with zero attached hydrogens (tertiary/aromatic N) is 3. The highest BCUT2D eigenvalue weighted by Gasteiger charge is 2.00. The van der Waals surface area contributed by atoms with Gasteiger partial charge in [-0.3, -0.25) is 4.98 Å². The molecule has 3 aromatic rings. The van der Waals surface area contributed by atoms with Crippen LogP contribution in [0.5, 0.6) is 11.8 Å². The zero-order valence-electron chi connectivity index (χ0n) is 10.8. The number of para-hydroxylation sites is 1. The molecule has 20 heavy (non-hydrogen) atoms. The lowest BCUT2D eigenvalue weighted by Gasteiger charge is -2.07. The van der Waals surface area contributed by atoms with E-state index in [9.17, 15) is 0 Å². The predicted octanol–water partition coefficient (Wildman–Crippen LogP) is 2.48. The fourth-order valence-corrected chi connectivity index (χ4v) is 1.75. The average molecular weight is 267 g/mol. The third-order valence-electron chi connectivity index (χ3n) is 2.68. The third-order valence-corrected chi connectivity index (χ3v) is 2.68. The summed E-state index contributed by atoms with van der Waals surface area (Å²) in [5.74, 6) is 0.718. The Kier molecular flexibility index (Phi) is 3.68. The Morgan fingerprint density at radius 2 is 1.80 bits per heavy atom. The van der Waals surface area contributed by atoms with Crippen LogP contribution in [0.3, 0.4) is 0 Å². The van der Waals surface area contributed by atoms with Crippen LogP contribution in [0.15, 0.2) is 55.0 Å². The van der Waals surface area contributed by atoms with Crippen molar-refractivity contribution in [3.8, 4) is 11.8 Å². The first-order valence-electron chi connectivity index (χ1n) is 6.29. The van der Waals surface area contributed by atoms with Crippen LogP contribution >= 0.6 is 0 Å². The van der Waals surface area contributed by atoms with Crippen molar-refractivity contribution in [3.63, 3.8) is 0 Å². The average Bonchev–Trinajstić information content (AvgIpc) is 2.52. The minimum atomic E-state index is 0.360. The zero-order valence-corrected chi connectivity index (χ0v) is 10.8. The second kappa shape index (κ2) is 5.97. The SMILES string of the molecule is c1cncc(OCCOc2ncc3ccccc3n2)c1. The van der Waals surface area contributed by atoms with E-state index in [1.165, 1.54) is 0 Å². The van der Waals surface area contributed by atoms with Gasteiger partial charge in [0, 0.05) is 17.8 Å². The summed E-state index contributed by atoms with van der Waals surface area (Å²) >= 11 is 0. The van der Waals surface area contributed by atoms with E-state index in [0.29, 0.717) is 19.2 Å². The van der Waals surface area contributed by atoms with E-state index in [-0.39, 0.29) is 0 Å². The van der Waals surface area contributed by atoms with Crippen LogP contribution in [-0.4, -0.2) is 28.2 Å². The molecule has 0 amide bonds. The Morgan fingerprint density at radius 1 is 0.900 bits per heavy atom. The highest BCUT2D eigenvalue weighted by molar-refractivity contribution is 5.77. The largest absolute Gasteiger partial charge is 0.488 e. The molecule has 3 rings (SSSR count). The maximum atomic E-state index is 5.47. The molecular formula is C15H13N3O2. The van der Waals surface area contributed by atoms with Crippen molar-refractivity contribution in [1.29, 1.82) is 0 Å². The van der Waals surface area contributed by atoms with E-state index in [0.717, 1.165) is 16.7 Å². The van der Waals surface area contributed by atoms with Gasteiger partial charge in [-0.05, 0) is 18.2 Å². The normalized spacial score (nSPS) is 10.4. The Labute approximate surface area is 116 Å². The first kappa shape index (κ1) is 12.3. The van der Waals surface area contributed by atoms with Crippen LogP contribution in [0.2, 0.25) is 0 Å². The second-order valence-corrected chi connectivity index (χ2v) is 4.10. The molecule has 0 fully saturated rings. The molecule has 0 aliphatic rings. The molecule has 0 N–H and O–H groups in total. The Bertz CT molecular complexity index is 689. The van der Waals surface area contributed by atoms with Gasteiger partial charge in [0.2, 0.25) is 0 Å². The monoisotopic (exact) mass is 267 g/mol. The summed E-state index contributed by atoms with van der Waals surface area (Å²) < 4.78 is 10.9. The van der Waals surface area contributed by atoms with Gasteiger partial charge in [0.05, 0.1) is 11.7 Å². The van der Waals surface area contributed by atoms with E-state index < -0.39 is 0 Å². The summed E-state index contributed by atoms with van der Waals surface area (Å²) in [5.41, 5.74) is 0.866. The topological polar surface area (TPSA) is 57.1 Å². The van der Waals surface area contributed by atoms with Gasteiger partial charge in [0.1, 0.15) is 19.0 Å². The molecule has 5 nitrogen and oxygen atoms in total. The Morgan fingerprint density at radius 3 is 2.70 bits per heavy atom. The molecule has 2 heterocycles. The first-order chi connectivity index (χ1) is 9.92. The minimum absolute atomic E-state index is 0.360. The Hall–Kier alpha value is -2.69. The molecule has 2 aromatic heterocycles. The summed E-state index contributed by atoms with van der Waals surface area (Å²) in [5, 5.41) is 0.992. The summed E-state index contributed by atoms with van der Waals surface area (Å²) in [6.45, 7) is 0.801. The maximum absolute atomic E-state index is 5.47. The quantitative estimate of drug-likeness (QED) is 0.665. The summed E-state index contributed by atoms with van der Waals surface area (Å²) in [4.78, 5) is 12.4. The molecule has 0 aliphatic carbocycles. The number of ether oxygens (including phenoxy) is 2. The van der Waals surface area contributed by atoms with E-state index in [2.05, 4.69) is 15.0 Å². The van der Waals surface area contributed by atoms with Crippen molar-refractivity contribution in [2.45, 2.75) is 0 Å². The van der Waals surface area contributed by atoms with Crippen molar-refractivity contribution >= 4 is 10.9 Å². The molecule has 0 atom stereocenters. The smallest absolute Gasteiger partial charge is 0.317 e. The summed E-state index contributed by atoms with van der Waals surface area (Å²) in [6, 6.07) is 11.8. The van der Waals surface area contributed by atoms with Gasteiger partial charge in [-0.2, -0.15) is 4.98 Å². The lowest BCUT2D eigenvalue weighted by molar-refractivity contribution is 0.206. The van der Waals surface area contributed by atoms with Crippen LogP contribution in [0.4, 0.5) is 0 Å². The molecule has 100 valence electrons. The fourth-order valence-electron chi connectivity index (χ4n) is 1.75. The van der Waals surface area contributed by atoms with E-state index in [1.54, 1.807) is 18.6 Å². The molecule has 0 saturated heterocycles. The molecule has 0 bridgehead atoms. The van der Waals surface area contributed by atoms with Gasteiger partial charge in [0.25, 0.3) is 0 Å². The maximum Gasteiger partial charge on any atom is 0.317 e. The summed E-state index contributed by atoms with van der Waals surface area (Å²) in [7, 11) is 0. The van der Waals surface area contributed by atoms with Gasteiger partial charge in [-0.25, -0.2) is 4.98 Å². The molecular weight excluding hydrogens is 254 g/mol. The molecule has 0 spiro atoms. The zero-order chi connectivity index (χ0) is 13.6. The number of hydrogen-bond acceptors (Lipinski definition) is 5. The van der Waals surface area contributed by atoms with E-state index >= 15 is 0 Å². The molecule has 0 radical (unpaired) electrons.